The van der Waals surface area contributed by atoms with Gasteiger partial charge in [-0.2, -0.15) is 4.90 Å². The summed E-state index contributed by atoms with van der Waals surface area (Å²) in [6.45, 7) is 0. The molecule has 1 aromatic rings. The molecule has 6 atom stereocenters. The molecule has 5 rings (SSSR count). The molecule has 0 radical (unpaired) electrons. The van der Waals surface area contributed by atoms with Crippen LogP contribution < -0.4 is 5.73 Å². The molecule has 0 spiro atoms. The predicted octanol–water partition coefficient (Wildman–Crippen LogP) is 1.39. The number of likely N-dealkylation sites (tertiary alicyclic amines) is 1. The summed E-state index contributed by atoms with van der Waals surface area (Å²) in [5.74, 6) is -2.24. The first-order valence-electron chi connectivity index (χ1n) is 8.16. The van der Waals surface area contributed by atoms with Gasteiger partial charge in [0, 0.05) is 16.9 Å². The van der Waals surface area contributed by atoms with Crippen LogP contribution in [0.15, 0.2) is 29.4 Å². The molecule has 4 aliphatic rings. The minimum absolute atomic E-state index is 0.0583. The second kappa shape index (κ2) is 4.82. The van der Waals surface area contributed by atoms with Crippen molar-refractivity contribution in [1.82, 2.24) is 4.90 Å². The van der Waals surface area contributed by atoms with Gasteiger partial charge in [0.15, 0.2) is 0 Å². The molecule has 2 N–H and O–H groups in total. The average molecular weight is 360 g/mol. The quantitative estimate of drug-likeness (QED) is 0.765. The third kappa shape index (κ3) is 1.76. The maximum atomic E-state index is 12.6. The van der Waals surface area contributed by atoms with E-state index in [2.05, 4.69) is 5.16 Å². The van der Waals surface area contributed by atoms with Gasteiger partial charge in [0.25, 0.3) is 0 Å². The van der Waals surface area contributed by atoms with Crippen LogP contribution in [0.1, 0.15) is 12.0 Å². The van der Waals surface area contributed by atoms with Gasteiger partial charge in [0.2, 0.25) is 11.8 Å². The van der Waals surface area contributed by atoms with Crippen LogP contribution in [0.4, 0.5) is 4.79 Å². The van der Waals surface area contributed by atoms with Crippen LogP contribution in [-0.4, -0.2) is 34.6 Å². The highest BCUT2D eigenvalue weighted by Gasteiger charge is 2.71. The highest BCUT2D eigenvalue weighted by atomic mass is 35.5. The summed E-state index contributed by atoms with van der Waals surface area (Å²) in [5, 5.41) is 4.86. The van der Waals surface area contributed by atoms with Crippen molar-refractivity contribution in [3.8, 4) is 0 Å². The van der Waals surface area contributed by atoms with Crippen LogP contribution in [0.2, 0.25) is 5.02 Å². The van der Waals surface area contributed by atoms with Gasteiger partial charge in [-0.05, 0) is 30.0 Å². The van der Waals surface area contributed by atoms with Crippen LogP contribution in [0, 0.1) is 29.6 Å². The molecule has 4 amide bonds. The van der Waals surface area contributed by atoms with Crippen molar-refractivity contribution < 1.29 is 19.2 Å². The lowest BCUT2D eigenvalue weighted by molar-refractivity contribution is -0.137. The summed E-state index contributed by atoms with van der Waals surface area (Å²) in [7, 11) is 0. The molecule has 2 aliphatic carbocycles. The van der Waals surface area contributed by atoms with Gasteiger partial charge in [-0.1, -0.05) is 28.9 Å². The van der Waals surface area contributed by atoms with Crippen LogP contribution in [0.3, 0.4) is 0 Å². The minimum atomic E-state index is -0.999. The molecule has 1 saturated heterocycles. The monoisotopic (exact) mass is 359 g/mol. The number of urea groups is 1. The Kier molecular flexibility index (Phi) is 2.87. The van der Waals surface area contributed by atoms with E-state index in [0.717, 1.165) is 17.7 Å². The fraction of sp³-hybridized carbons (Fsp3) is 0.412. The largest absolute Gasteiger partial charge is 0.391 e. The number of primary amides is 1. The predicted molar refractivity (Wildman–Crippen MR) is 86.4 cm³/mol. The number of carbonyl (C=O) groups is 3. The lowest BCUT2D eigenvalue weighted by Crippen LogP contribution is -2.42. The van der Waals surface area contributed by atoms with E-state index in [1.807, 2.05) is 12.1 Å². The third-order valence-corrected chi connectivity index (χ3v) is 6.30. The van der Waals surface area contributed by atoms with Crippen LogP contribution >= 0.6 is 11.6 Å². The Morgan fingerprint density at radius 1 is 1.12 bits per heavy atom. The molecule has 2 bridgehead atoms. The molecule has 2 heterocycles. The summed E-state index contributed by atoms with van der Waals surface area (Å²) in [4.78, 5) is 42.9. The Bertz CT molecular complexity index is 852. The number of imide groups is 3. The molecule has 2 saturated carbocycles. The topological polar surface area (TPSA) is 102 Å². The van der Waals surface area contributed by atoms with Crippen molar-refractivity contribution in [2.45, 2.75) is 12.5 Å². The number of fused-ring (bicyclic) bond motifs is 8. The lowest BCUT2D eigenvalue weighted by Gasteiger charge is -2.29. The maximum Gasteiger partial charge on any atom is 0.328 e. The van der Waals surface area contributed by atoms with E-state index in [0.29, 0.717) is 9.92 Å². The van der Waals surface area contributed by atoms with Crippen LogP contribution in [0.25, 0.3) is 0 Å². The number of hydrogen-bond donors (Lipinski definition) is 1. The highest BCUT2D eigenvalue weighted by Crippen LogP contribution is 2.61. The molecule has 2 aliphatic heterocycles. The van der Waals surface area contributed by atoms with E-state index >= 15 is 0 Å². The summed E-state index contributed by atoms with van der Waals surface area (Å²) in [5.41, 5.74) is 6.90. The first-order valence-corrected chi connectivity index (χ1v) is 8.53. The SMILES string of the molecule is NC(=O)N1C(=O)[C@@H]2[C@@H]3C[C@@H]([C@H]4ON=C(c5ccc(Cl)cc5)[C@@H]34)[C@@H]2C1=O. The number of nitrogens with two attached hydrogens (primary N) is 1. The molecule has 8 heteroatoms. The maximum absolute atomic E-state index is 12.6. The number of halogens is 1. The van der Waals surface area contributed by atoms with E-state index in [1.165, 1.54) is 0 Å². The molecule has 0 unspecified atom stereocenters. The van der Waals surface area contributed by atoms with Crippen molar-refractivity contribution in [3.05, 3.63) is 34.9 Å². The number of amides is 4. The van der Waals surface area contributed by atoms with E-state index in [4.69, 9.17) is 22.2 Å². The zero-order valence-corrected chi connectivity index (χ0v) is 13.7. The number of oxime groups is 1. The van der Waals surface area contributed by atoms with Gasteiger partial charge in [-0.25, -0.2) is 4.79 Å². The van der Waals surface area contributed by atoms with E-state index in [9.17, 15) is 14.4 Å². The van der Waals surface area contributed by atoms with Crippen molar-refractivity contribution >= 4 is 35.2 Å². The summed E-state index contributed by atoms with van der Waals surface area (Å²) in [6.07, 6.45) is 0.489. The Hall–Kier alpha value is -2.41. The molecule has 128 valence electrons. The van der Waals surface area contributed by atoms with E-state index in [-0.39, 0.29) is 23.9 Å². The van der Waals surface area contributed by atoms with Crippen molar-refractivity contribution in [2.24, 2.45) is 40.5 Å². The third-order valence-electron chi connectivity index (χ3n) is 6.05. The summed E-state index contributed by atoms with van der Waals surface area (Å²) < 4.78 is 0. The number of carbonyl (C=O) groups excluding carboxylic acids is 3. The highest BCUT2D eigenvalue weighted by molar-refractivity contribution is 6.30. The van der Waals surface area contributed by atoms with Crippen molar-refractivity contribution in [1.29, 1.82) is 0 Å². The number of benzene rings is 1. The first kappa shape index (κ1) is 14.9. The Labute approximate surface area is 147 Å². The van der Waals surface area contributed by atoms with Gasteiger partial charge >= 0.3 is 6.03 Å². The van der Waals surface area contributed by atoms with Crippen molar-refractivity contribution in [2.75, 3.05) is 0 Å². The summed E-state index contributed by atoms with van der Waals surface area (Å²) in [6, 6.07) is 6.30. The van der Waals surface area contributed by atoms with E-state index in [1.54, 1.807) is 12.1 Å². The smallest absolute Gasteiger partial charge is 0.328 e. The van der Waals surface area contributed by atoms with Gasteiger partial charge < -0.3 is 10.6 Å². The Morgan fingerprint density at radius 2 is 1.76 bits per heavy atom. The Balaban J connectivity index is 1.51. The number of hydrogen-bond acceptors (Lipinski definition) is 5. The van der Waals surface area contributed by atoms with Crippen LogP contribution in [-0.2, 0) is 14.4 Å². The molecule has 1 aromatic carbocycles. The average Bonchev–Trinajstić information content (AvgIpc) is 3.28. The standard InChI is InChI=1S/C17H14ClN3O4/c18-7-3-1-6(2-4-7)13-12-8-5-9(14(12)25-20-13)11-10(8)15(22)21(16(11)23)17(19)24/h1-4,8-12,14H,5H2,(H2,19,24)/t8-,9+,10+,11-,12+,14+/m0/s1. The van der Waals surface area contributed by atoms with Gasteiger partial charge in [0.05, 0.1) is 17.5 Å². The van der Waals surface area contributed by atoms with Gasteiger partial charge in [-0.15, -0.1) is 0 Å². The van der Waals surface area contributed by atoms with E-state index < -0.39 is 29.7 Å². The zero-order chi connectivity index (χ0) is 17.5. The van der Waals surface area contributed by atoms with Crippen molar-refractivity contribution in [3.63, 3.8) is 0 Å². The minimum Gasteiger partial charge on any atom is -0.391 e. The Morgan fingerprint density at radius 3 is 2.40 bits per heavy atom. The molecule has 3 fully saturated rings. The summed E-state index contributed by atoms with van der Waals surface area (Å²) >= 11 is 5.94. The van der Waals surface area contributed by atoms with Gasteiger partial charge in [0.1, 0.15) is 6.10 Å². The fourth-order valence-electron chi connectivity index (χ4n) is 5.20. The van der Waals surface area contributed by atoms with Gasteiger partial charge in [-0.3, -0.25) is 9.59 Å². The second-order valence-electron chi connectivity index (χ2n) is 7.04. The second-order valence-corrected chi connectivity index (χ2v) is 7.48. The number of rotatable bonds is 1. The van der Waals surface area contributed by atoms with Crippen LogP contribution in [0.5, 0.6) is 0 Å². The molecular weight excluding hydrogens is 346 g/mol. The lowest BCUT2D eigenvalue weighted by atomic mass is 9.71. The first-order chi connectivity index (χ1) is 12.0. The zero-order valence-electron chi connectivity index (χ0n) is 13.0. The normalized spacial score (nSPS) is 37.8. The molecule has 0 aromatic heterocycles. The fourth-order valence-corrected chi connectivity index (χ4v) is 5.33. The molecule has 25 heavy (non-hydrogen) atoms. The molecule has 7 nitrogen and oxygen atoms in total. The molecular formula is C17H14ClN3O4. The number of nitrogens with zero attached hydrogens (tertiary/aromatic N) is 2.